The first-order valence-corrected chi connectivity index (χ1v) is 10.6. The Balaban J connectivity index is 1.73. The van der Waals surface area contributed by atoms with Crippen LogP contribution in [0.2, 0.25) is 0 Å². The summed E-state index contributed by atoms with van der Waals surface area (Å²) in [6, 6.07) is 9.61. The van der Waals surface area contributed by atoms with Crippen LogP contribution in [0.4, 0.5) is 0 Å². The number of guanidine groups is 1. The third-order valence-electron chi connectivity index (χ3n) is 5.12. The summed E-state index contributed by atoms with van der Waals surface area (Å²) in [6.07, 6.45) is 2.32. The molecule has 1 heterocycles. The molecular formula is C22H38N4O2. The monoisotopic (exact) mass is 390 g/mol. The lowest BCUT2D eigenvalue weighted by atomic mass is 10.0. The van der Waals surface area contributed by atoms with E-state index in [1.165, 1.54) is 11.1 Å². The van der Waals surface area contributed by atoms with E-state index in [0.717, 1.165) is 45.0 Å². The Morgan fingerprint density at radius 1 is 1.18 bits per heavy atom. The first-order valence-electron chi connectivity index (χ1n) is 10.6. The molecule has 0 amide bonds. The first-order chi connectivity index (χ1) is 13.6. The van der Waals surface area contributed by atoms with Crippen molar-refractivity contribution in [2.24, 2.45) is 4.99 Å². The molecule has 0 unspecified atom stereocenters. The molecule has 1 aliphatic heterocycles. The van der Waals surface area contributed by atoms with Gasteiger partial charge in [-0.2, -0.15) is 0 Å². The summed E-state index contributed by atoms with van der Waals surface area (Å²) in [4.78, 5) is 6.93. The SMILES string of the molecule is CCOCCOCc1cccc(CNC(=NC)NC2CCN(C(C)C)CC2)c1. The van der Waals surface area contributed by atoms with E-state index in [4.69, 9.17) is 9.47 Å². The molecule has 0 aliphatic carbocycles. The van der Waals surface area contributed by atoms with Crippen molar-refractivity contribution in [1.82, 2.24) is 15.5 Å². The number of piperidine rings is 1. The van der Waals surface area contributed by atoms with Gasteiger partial charge >= 0.3 is 0 Å². The van der Waals surface area contributed by atoms with Crippen molar-refractivity contribution in [2.75, 3.05) is 40.0 Å². The van der Waals surface area contributed by atoms with Gasteiger partial charge in [0.2, 0.25) is 0 Å². The van der Waals surface area contributed by atoms with Gasteiger partial charge in [0.25, 0.3) is 0 Å². The zero-order chi connectivity index (χ0) is 20.2. The van der Waals surface area contributed by atoms with Crippen LogP contribution in [0.25, 0.3) is 0 Å². The molecule has 0 saturated carbocycles. The highest BCUT2D eigenvalue weighted by Gasteiger charge is 2.21. The predicted octanol–water partition coefficient (Wildman–Crippen LogP) is 2.78. The lowest BCUT2D eigenvalue weighted by Crippen LogP contribution is -2.49. The van der Waals surface area contributed by atoms with Crippen LogP contribution in [0, 0.1) is 0 Å². The van der Waals surface area contributed by atoms with E-state index in [1.54, 1.807) is 0 Å². The van der Waals surface area contributed by atoms with Gasteiger partial charge in [-0.25, -0.2) is 0 Å². The van der Waals surface area contributed by atoms with Crippen molar-refractivity contribution >= 4 is 5.96 Å². The molecule has 2 N–H and O–H groups in total. The molecule has 158 valence electrons. The number of ether oxygens (including phenoxy) is 2. The number of nitrogens with one attached hydrogen (secondary N) is 2. The second kappa shape index (κ2) is 12.8. The van der Waals surface area contributed by atoms with Crippen molar-refractivity contribution < 1.29 is 9.47 Å². The van der Waals surface area contributed by atoms with Crippen molar-refractivity contribution in [3.63, 3.8) is 0 Å². The van der Waals surface area contributed by atoms with Gasteiger partial charge in [-0.15, -0.1) is 0 Å². The maximum absolute atomic E-state index is 5.66. The molecule has 0 aromatic heterocycles. The molecule has 1 aliphatic rings. The fourth-order valence-corrected chi connectivity index (χ4v) is 3.42. The lowest BCUT2D eigenvalue weighted by molar-refractivity contribution is 0.0453. The van der Waals surface area contributed by atoms with Gasteiger partial charge < -0.3 is 25.0 Å². The molecule has 1 saturated heterocycles. The van der Waals surface area contributed by atoms with E-state index < -0.39 is 0 Å². The van der Waals surface area contributed by atoms with Gasteiger partial charge in [0.1, 0.15) is 0 Å². The van der Waals surface area contributed by atoms with E-state index in [0.29, 0.717) is 31.9 Å². The number of likely N-dealkylation sites (tertiary alicyclic amines) is 1. The molecule has 2 rings (SSSR count). The molecule has 28 heavy (non-hydrogen) atoms. The minimum Gasteiger partial charge on any atom is -0.379 e. The molecule has 0 bridgehead atoms. The van der Waals surface area contributed by atoms with Crippen LogP contribution in [0.1, 0.15) is 44.7 Å². The molecule has 1 aromatic carbocycles. The Morgan fingerprint density at radius 2 is 1.89 bits per heavy atom. The molecule has 0 atom stereocenters. The van der Waals surface area contributed by atoms with E-state index in [9.17, 15) is 0 Å². The second-order valence-electron chi connectivity index (χ2n) is 7.54. The zero-order valence-electron chi connectivity index (χ0n) is 18.0. The fraction of sp³-hybridized carbons (Fsp3) is 0.682. The Labute approximate surface area is 170 Å². The highest BCUT2D eigenvalue weighted by molar-refractivity contribution is 5.79. The number of benzene rings is 1. The highest BCUT2D eigenvalue weighted by atomic mass is 16.5. The van der Waals surface area contributed by atoms with E-state index in [-0.39, 0.29) is 0 Å². The van der Waals surface area contributed by atoms with Crippen molar-refractivity contribution in [3.8, 4) is 0 Å². The Morgan fingerprint density at radius 3 is 2.57 bits per heavy atom. The average molecular weight is 391 g/mol. The standard InChI is InChI=1S/C22H38N4O2/c1-5-27-13-14-28-17-20-8-6-7-19(15-20)16-24-22(23-4)25-21-9-11-26(12-10-21)18(2)3/h6-8,15,18,21H,5,9-14,16-17H2,1-4H3,(H2,23,24,25). The lowest BCUT2D eigenvalue weighted by Gasteiger charge is -2.35. The largest absolute Gasteiger partial charge is 0.379 e. The van der Waals surface area contributed by atoms with Crippen LogP contribution in [-0.2, 0) is 22.6 Å². The average Bonchev–Trinajstić information content (AvgIpc) is 2.71. The van der Waals surface area contributed by atoms with Crippen LogP contribution in [0.5, 0.6) is 0 Å². The maximum atomic E-state index is 5.66. The number of nitrogens with zero attached hydrogens (tertiary/aromatic N) is 2. The van der Waals surface area contributed by atoms with E-state index in [1.807, 2.05) is 14.0 Å². The maximum Gasteiger partial charge on any atom is 0.191 e. The summed E-state index contributed by atoms with van der Waals surface area (Å²) in [7, 11) is 1.83. The Bertz CT molecular complexity index is 584. The molecule has 6 nitrogen and oxygen atoms in total. The van der Waals surface area contributed by atoms with Crippen molar-refractivity contribution in [1.29, 1.82) is 0 Å². The Kier molecular flexibility index (Phi) is 10.3. The predicted molar refractivity (Wildman–Crippen MR) is 116 cm³/mol. The third kappa shape index (κ3) is 8.17. The number of aliphatic imine (C=N–C) groups is 1. The highest BCUT2D eigenvalue weighted by Crippen LogP contribution is 2.13. The normalized spacial score (nSPS) is 16.5. The van der Waals surface area contributed by atoms with Crippen LogP contribution in [0.3, 0.4) is 0 Å². The van der Waals surface area contributed by atoms with Gasteiger partial charge in [0.15, 0.2) is 5.96 Å². The van der Waals surface area contributed by atoms with Gasteiger partial charge in [0, 0.05) is 45.4 Å². The summed E-state index contributed by atoms with van der Waals surface area (Å²) >= 11 is 0. The molecule has 0 radical (unpaired) electrons. The number of rotatable bonds is 10. The van der Waals surface area contributed by atoms with Crippen LogP contribution in [0.15, 0.2) is 29.3 Å². The zero-order valence-corrected chi connectivity index (χ0v) is 18.0. The Hall–Kier alpha value is -1.63. The van der Waals surface area contributed by atoms with E-state index in [2.05, 4.69) is 58.6 Å². The van der Waals surface area contributed by atoms with E-state index >= 15 is 0 Å². The van der Waals surface area contributed by atoms with Crippen LogP contribution < -0.4 is 10.6 Å². The summed E-state index contributed by atoms with van der Waals surface area (Å²) in [5, 5.41) is 7.02. The minimum atomic E-state index is 0.492. The molecule has 0 spiro atoms. The topological polar surface area (TPSA) is 58.1 Å². The van der Waals surface area contributed by atoms with Crippen LogP contribution in [-0.4, -0.2) is 62.9 Å². The van der Waals surface area contributed by atoms with Gasteiger partial charge in [0.05, 0.1) is 19.8 Å². The summed E-state index contributed by atoms with van der Waals surface area (Å²) in [5.74, 6) is 0.876. The quantitative estimate of drug-likeness (QED) is 0.365. The minimum absolute atomic E-state index is 0.492. The smallest absolute Gasteiger partial charge is 0.191 e. The van der Waals surface area contributed by atoms with Crippen molar-refractivity contribution in [3.05, 3.63) is 35.4 Å². The second-order valence-corrected chi connectivity index (χ2v) is 7.54. The van der Waals surface area contributed by atoms with Crippen molar-refractivity contribution in [2.45, 2.75) is 58.8 Å². The summed E-state index contributed by atoms with van der Waals surface area (Å²) < 4.78 is 11.0. The summed E-state index contributed by atoms with van der Waals surface area (Å²) in [5.41, 5.74) is 2.41. The molecule has 6 heteroatoms. The number of hydrogen-bond donors (Lipinski definition) is 2. The van der Waals surface area contributed by atoms with Gasteiger partial charge in [-0.3, -0.25) is 4.99 Å². The first kappa shape index (κ1) is 22.7. The van der Waals surface area contributed by atoms with Gasteiger partial charge in [-0.1, -0.05) is 24.3 Å². The summed E-state index contributed by atoms with van der Waals surface area (Å²) in [6.45, 7) is 12.2. The fourth-order valence-electron chi connectivity index (χ4n) is 3.42. The molecule has 1 aromatic rings. The molecule has 1 fully saturated rings. The van der Waals surface area contributed by atoms with Crippen LogP contribution >= 0.6 is 0 Å². The third-order valence-corrected chi connectivity index (χ3v) is 5.12. The molecular weight excluding hydrogens is 352 g/mol. The number of hydrogen-bond acceptors (Lipinski definition) is 4. The van der Waals surface area contributed by atoms with Gasteiger partial charge in [-0.05, 0) is 44.7 Å².